The van der Waals surface area contributed by atoms with Crippen molar-refractivity contribution in [3.63, 3.8) is 0 Å². The highest BCUT2D eigenvalue weighted by molar-refractivity contribution is 5.78. The average molecular weight is 428 g/mol. The molecule has 0 bridgehead atoms. The lowest BCUT2D eigenvalue weighted by Gasteiger charge is -2.16. The van der Waals surface area contributed by atoms with Crippen LogP contribution in [0.4, 0.5) is 11.6 Å². The number of imidazole rings is 2. The normalized spacial score (nSPS) is 12.8. The van der Waals surface area contributed by atoms with Crippen LogP contribution in [0.1, 0.15) is 26.3 Å². The van der Waals surface area contributed by atoms with E-state index < -0.39 is 0 Å². The Morgan fingerprint density at radius 2 is 1.88 bits per heavy atom. The van der Waals surface area contributed by atoms with Gasteiger partial charge in [-0.25, -0.2) is 19.3 Å². The number of aromatic nitrogens is 6. The number of benzene rings is 1. The number of fused-ring (bicyclic) bond motifs is 3. The Bertz CT molecular complexity index is 1440. The maximum absolute atomic E-state index is 13.1. The first-order valence-electron chi connectivity index (χ1n) is 11.0. The highest BCUT2D eigenvalue weighted by Crippen LogP contribution is 2.35. The van der Waals surface area contributed by atoms with Crippen LogP contribution in [0.5, 0.6) is 0 Å². The van der Waals surface area contributed by atoms with Gasteiger partial charge in [-0.3, -0.25) is 4.57 Å². The van der Waals surface area contributed by atoms with E-state index in [9.17, 15) is 4.79 Å². The summed E-state index contributed by atoms with van der Waals surface area (Å²) in [5, 5.41) is 0. The second kappa shape index (κ2) is 7.96. The number of nitrogens with zero attached hydrogens (tertiary/aromatic N) is 6. The fourth-order valence-corrected chi connectivity index (χ4v) is 4.33. The Morgan fingerprint density at radius 1 is 1.06 bits per heavy atom. The molecule has 0 unspecified atom stereocenters. The first kappa shape index (κ1) is 20.0. The lowest BCUT2D eigenvalue weighted by atomic mass is 10.1. The van der Waals surface area contributed by atoms with Crippen molar-refractivity contribution in [2.75, 3.05) is 11.4 Å². The van der Waals surface area contributed by atoms with Crippen LogP contribution in [-0.4, -0.2) is 35.6 Å². The van der Waals surface area contributed by atoms with Crippen LogP contribution in [0.25, 0.3) is 28.0 Å². The Labute approximate surface area is 185 Å². The summed E-state index contributed by atoms with van der Waals surface area (Å²) < 4.78 is 3.45. The highest BCUT2D eigenvalue weighted by Gasteiger charge is 2.24. The van der Waals surface area contributed by atoms with Gasteiger partial charge in [0.05, 0.1) is 16.7 Å². The van der Waals surface area contributed by atoms with Crippen molar-refractivity contribution in [1.29, 1.82) is 0 Å². The summed E-state index contributed by atoms with van der Waals surface area (Å²) in [4.78, 5) is 32.0. The average Bonchev–Trinajstić information content (AvgIpc) is 3.52. The van der Waals surface area contributed by atoms with E-state index in [0.717, 1.165) is 41.3 Å². The van der Waals surface area contributed by atoms with Gasteiger partial charge < -0.3 is 9.88 Å². The Kier molecular flexibility index (Phi) is 4.97. The molecule has 0 radical (unpaired) electrons. The van der Waals surface area contributed by atoms with Gasteiger partial charge in [-0.2, -0.15) is 4.98 Å². The van der Waals surface area contributed by atoms with Crippen LogP contribution in [0, 0.1) is 0 Å². The molecule has 0 saturated heterocycles. The van der Waals surface area contributed by atoms with Crippen LogP contribution < -0.4 is 10.6 Å². The van der Waals surface area contributed by atoms with Gasteiger partial charge in [0.15, 0.2) is 11.3 Å². The molecule has 0 fully saturated rings. The number of hydrogen-bond donors (Lipinski definition) is 1. The number of H-pyrrole nitrogens is 1. The molecule has 5 aromatic rings. The molecule has 1 aromatic carbocycles. The second-order valence-corrected chi connectivity index (χ2v) is 7.36. The van der Waals surface area contributed by atoms with Crippen molar-refractivity contribution in [1.82, 2.24) is 29.1 Å². The van der Waals surface area contributed by atoms with Crippen LogP contribution in [0.15, 0.2) is 59.7 Å². The van der Waals surface area contributed by atoms with Crippen molar-refractivity contribution >= 4 is 34.0 Å². The summed E-state index contributed by atoms with van der Waals surface area (Å²) in [6, 6.07) is 13.8. The van der Waals surface area contributed by atoms with E-state index in [1.54, 1.807) is 21.5 Å². The fourth-order valence-electron chi connectivity index (χ4n) is 4.33. The molecule has 4 aromatic heterocycles. The van der Waals surface area contributed by atoms with Gasteiger partial charge in [0.1, 0.15) is 0 Å². The Balaban J connectivity index is 0.00000105. The molecule has 1 aliphatic heterocycles. The van der Waals surface area contributed by atoms with E-state index in [4.69, 9.17) is 0 Å². The van der Waals surface area contributed by atoms with Crippen molar-refractivity contribution in [2.24, 2.45) is 0 Å². The minimum atomic E-state index is -0.0654. The van der Waals surface area contributed by atoms with E-state index in [-0.39, 0.29) is 5.69 Å². The van der Waals surface area contributed by atoms with E-state index in [1.165, 1.54) is 5.56 Å². The first-order chi connectivity index (χ1) is 15.7. The van der Waals surface area contributed by atoms with Crippen LogP contribution in [0.3, 0.4) is 0 Å². The van der Waals surface area contributed by atoms with E-state index in [1.807, 2.05) is 51.1 Å². The molecule has 0 atom stereocenters. The van der Waals surface area contributed by atoms with Gasteiger partial charge in [-0.05, 0) is 61.4 Å². The molecule has 0 aliphatic carbocycles. The molecule has 0 saturated carbocycles. The molecular formula is C24H25N7O. The topological polar surface area (TPSA) is 84.6 Å². The summed E-state index contributed by atoms with van der Waals surface area (Å²) in [6.07, 6.45) is 4.35. The third-order valence-electron chi connectivity index (χ3n) is 5.72. The van der Waals surface area contributed by atoms with Gasteiger partial charge >= 0.3 is 5.69 Å². The van der Waals surface area contributed by atoms with Crippen LogP contribution in [-0.2, 0) is 13.0 Å². The number of anilines is 2. The van der Waals surface area contributed by atoms with Gasteiger partial charge in [-0.15, -0.1) is 0 Å². The quantitative estimate of drug-likeness (QED) is 0.466. The summed E-state index contributed by atoms with van der Waals surface area (Å²) in [6.45, 7) is 7.40. The third-order valence-corrected chi connectivity index (χ3v) is 5.72. The SMILES string of the molecule is CC.CCn1c(=O)n(-c2ccc3c(c2)CCN3c2nc3ncccc3[nH]2)c2ncccc21. The fraction of sp³-hybridized carbons (Fsp3) is 0.250. The van der Waals surface area contributed by atoms with E-state index in [0.29, 0.717) is 17.8 Å². The second-order valence-electron chi connectivity index (χ2n) is 7.36. The van der Waals surface area contributed by atoms with Gasteiger partial charge in [0.2, 0.25) is 5.95 Å². The standard InChI is InChI=1S/C22H19N7O.C2H6/c1-2-27-18-6-4-11-24-20(18)29(22(27)30)15-7-8-17-14(13-15)9-12-28(17)21-25-16-5-3-10-23-19(16)26-21;1-2/h3-8,10-11,13H,2,9,12H2,1H3,(H,23,25,26);1-2H3. The summed E-state index contributed by atoms with van der Waals surface area (Å²) >= 11 is 0. The number of nitrogens with one attached hydrogen (secondary N) is 1. The van der Waals surface area contributed by atoms with Gasteiger partial charge in [0, 0.05) is 31.2 Å². The predicted molar refractivity (Wildman–Crippen MR) is 127 cm³/mol. The molecule has 8 nitrogen and oxygen atoms in total. The lowest BCUT2D eigenvalue weighted by Crippen LogP contribution is -2.22. The maximum atomic E-state index is 13.1. The summed E-state index contributed by atoms with van der Waals surface area (Å²) in [7, 11) is 0. The zero-order chi connectivity index (χ0) is 22.2. The lowest BCUT2D eigenvalue weighted by molar-refractivity contribution is 0.734. The largest absolute Gasteiger partial charge is 0.334 e. The number of aromatic amines is 1. The molecule has 162 valence electrons. The molecule has 32 heavy (non-hydrogen) atoms. The van der Waals surface area contributed by atoms with Gasteiger partial charge in [0.25, 0.3) is 0 Å². The molecular weight excluding hydrogens is 402 g/mol. The van der Waals surface area contributed by atoms with Crippen LogP contribution in [0.2, 0.25) is 0 Å². The smallest absolute Gasteiger partial charge is 0.322 e. The van der Waals surface area contributed by atoms with Gasteiger partial charge in [-0.1, -0.05) is 13.8 Å². The van der Waals surface area contributed by atoms with Crippen molar-refractivity contribution < 1.29 is 0 Å². The maximum Gasteiger partial charge on any atom is 0.334 e. The van der Waals surface area contributed by atoms with Crippen molar-refractivity contribution in [3.8, 4) is 5.69 Å². The first-order valence-corrected chi connectivity index (χ1v) is 11.0. The summed E-state index contributed by atoms with van der Waals surface area (Å²) in [5.74, 6) is 0.789. The number of rotatable bonds is 3. The molecule has 8 heteroatoms. The third kappa shape index (κ3) is 2.98. The Morgan fingerprint density at radius 3 is 2.69 bits per heavy atom. The minimum absolute atomic E-state index is 0.0654. The monoisotopic (exact) mass is 427 g/mol. The van der Waals surface area contributed by atoms with Crippen LogP contribution >= 0.6 is 0 Å². The molecule has 1 N–H and O–H groups in total. The van der Waals surface area contributed by atoms with Crippen molar-refractivity contribution in [2.45, 2.75) is 33.7 Å². The zero-order valence-electron chi connectivity index (χ0n) is 18.4. The highest BCUT2D eigenvalue weighted by atomic mass is 16.1. The molecule has 0 spiro atoms. The Hall–Kier alpha value is -3.94. The number of pyridine rings is 2. The molecule has 1 aliphatic rings. The minimum Gasteiger partial charge on any atom is -0.322 e. The summed E-state index contributed by atoms with van der Waals surface area (Å²) in [5.41, 5.74) is 6.21. The zero-order valence-corrected chi connectivity index (χ0v) is 18.4. The van der Waals surface area contributed by atoms with E-state index >= 15 is 0 Å². The number of hydrogen-bond acceptors (Lipinski definition) is 5. The van der Waals surface area contributed by atoms with E-state index in [2.05, 4.69) is 37.0 Å². The molecule has 6 rings (SSSR count). The predicted octanol–water partition coefficient (Wildman–Crippen LogP) is 4.20. The molecule has 5 heterocycles. The molecule has 0 amide bonds. The van der Waals surface area contributed by atoms with Crippen molar-refractivity contribution in [3.05, 3.63) is 70.9 Å². The number of aryl methyl sites for hydroxylation is 1.